The molecule has 0 spiro atoms. The second-order valence-electron chi connectivity index (χ2n) is 6.89. The van der Waals surface area contributed by atoms with Crippen molar-refractivity contribution in [3.63, 3.8) is 0 Å². The zero-order valence-electron chi connectivity index (χ0n) is 13.0. The molecule has 0 radical (unpaired) electrons. The largest absolute Gasteiger partial charge is 0.388 e. The molecule has 120 valence electrons. The highest BCUT2D eigenvalue weighted by Crippen LogP contribution is 2.62. The van der Waals surface area contributed by atoms with Crippen molar-refractivity contribution in [1.29, 1.82) is 0 Å². The minimum atomic E-state index is -1.37. The summed E-state index contributed by atoms with van der Waals surface area (Å²) >= 11 is 3.44. The van der Waals surface area contributed by atoms with Crippen LogP contribution in [0, 0.1) is 11.2 Å². The quantitative estimate of drug-likeness (QED) is 0.747. The van der Waals surface area contributed by atoms with Crippen LogP contribution in [0.1, 0.15) is 37.5 Å². The SMILES string of the molecule is CN1CC=C([C@@]2(O)c3c(Br)ccc(F)c3[C@@H](O)C2(C)C)CC1. The highest BCUT2D eigenvalue weighted by Gasteiger charge is 2.60. The summed E-state index contributed by atoms with van der Waals surface area (Å²) in [5, 5.41) is 22.3. The molecule has 1 aliphatic carbocycles. The lowest BCUT2D eigenvalue weighted by Gasteiger charge is -2.43. The van der Waals surface area contributed by atoms with E-state index in [1.807, 2.05) is 13.1 Å². The minimum Gasteiger partial charge on any atom is -0.388 e. The van der Waals surface area contributed by atoms with Gasteiger partial charge in [0.2, 0.25) is 0 Å². The Morgan fingerprint density at radius 3 is 2.64 bits per heavy atom. The van der Waals surface area contributed by atoms with Crippen molar-refractivity contribution in [3.05, 3.63) is 45.2 Å². The fourth-order valence-corrected chi connectivity index (χ4v) is 4.39. The molecule has 2 N–H and O–H groups in total. The van der Waals surface area contributed by atoms with Crippen molar-refractivity contribution in [1.82, 2.24) is 4.90 Å². The van der Waals surface area contributed by atoms with Gasteiger partial charge in [0.05, 0.1) is 6.10 Å². The van der Waals surface area contributed by atoms with Crippen molar-refractivity contribution in [3.8, 4) is 0 Å². The van der Waals surface area contributed by atoms with Crippen LogP contribution >= 0.6 is 15.9 Å². The molecule has 1 aromatic rings. The van der Waals surface area contributed by atoms with E-state index in [0.717, 1.165) is 18.7 Å². The van der Waals surface area contributed by atoms with Gasteiger partial charge in [-0.15, -0.1) is 0 Å². The van der Waals surface area contributed by atoms with E-state index in [2.05, 4.69) is 20.8 Å². The first kappa shape index (κ1) is 16.1. The smallest absolute Gasteiger partial charge is 0.129 e. The highest BCUT2D eigenvalue weighted by molar-refractivity contribution is 9.10. The van der Waals surface area contributed by atoms with Crippen LogP contribution in [0.5, 0.6) is 0 Å². The van der Waals surface area contributed by atoms with E-state index in [1.54, 1.807) is 19.9 Å². The van der Waals surface area contributed by atoms with Gasteiger partial charge >= 0.3 is 0 Å². The van der Waals surface area contributed by atoms with E-state index in [4.69, 9.17) is 0 Å². The molecular formula is C17H21BrFNO2. The number of likely N-dealkylation sites (N-methyl/N-ethyl adjacent to an activating group) is 1. The van der Waals surface area contributed by atoms with Gasteiger partial charge in [-0.05, 0) is 31.2 Å². The summed E-state index contributed by atoms with van der Waals surface area (Å²) in [4.78, 5) is 2.16. The Morgan fingerprint density at radius 1 is 1.36 bits per heavy atom. The molecule has 0 bridgehead atoms. The summed E-state index contributed by atoms with van der Waals surface area (Å²) in [5.41, 5.74) is -0.728. The Labute approximate surface area is 138 Å². The van der Waals surface area contributed by atoms with Crippen LogP contribution in [0.15, 0.2) is 28.3 Å². The van der Waals surface area contributed by atoms with E-state index in [-0.39, 0.29) is 5.56 Å². The van der Waals surface area contributed by atoms with Crippen molar-refractivity contribution < 1.29 is 14.6 Å². The third-order valence-electron chi connectivity index (χ3n) is 5.27. The van der Waals surface area contributed by atoms with E-state index in [9.17, 15) is 14.6 Å². The van der Waals surface area contributed by atoms with Gasteiger partial charge in [-0.1, -0.05) is 35.9 Å². The first-order valence-electron chi connectivity index (χ1n) is 7.48. The van der Waals surface area contributed by atoms with Crippen LogP contribution < -0.4 is 0 Å². The molecule has 1 heterocycles. The van der Waals surface area contributed by atoms with Gasteiger partial charge in [-0.3, -0.25) is 0 Å². The van der Waals surface area contributed by atoms with Crippen molar-refractivity contribution >= 4 is 15.9 Å². The van der Waals surface area contributed by atoms with Crippen LogP contribution in [-0.2, 0) is 5.60 Å². The van der Waals surface area contributed by atoms with Gasteiger partial charge in [0.25, 0.3) is 0 Å². The molecule has 0 aromatic heterocycles. The number of nitrogens with zero attached hydrogens (tertiary/aromatic N) is 1. The third kappa shape index (κ3) is 1.96. The average Bonchev–Trinajstić information content (AvgIpc) is 2.63. The number of benzene rings is 1. The van der Waals surface area contributed by atoms with Crippen LogP contribution in [0.4, 0.5) is 4.39 Å². The lowest BCUT2D eigenvalue weighted by molar-refractivity contribution is -0.0908. The lowest BCUT2D eigenvalue weighted by Crippen LogP contribution is -2.44. The molecule has 5 heteroatoms. The Kier molecular flexibility index (Phi) is 3.76. The van der Waals surface area contributed by atoms with Crippen molar-refractivity contribution in [2.24, 2.45) is 5.41 Å². The van der Waals surface area contributed by atoms with Gasteiger partial charge in [-0.2, -0.15) is 0 Å². The molecule has 0 amide bonds. The minimum absolute atomic E-state index is 0.210. The number of halogens is 2. The number of fused-ring (bicyclic) bond motifs is 1. The summed E-state index contributed by atoms with van der Waals surface area (Å²) in [5.74, 6) is -0.469. The van der Waals surface area contributed by atoms with Crippen LogP contribution in [0.25, 0.3) is 0 Å². The summed E-state index contributed by atoms with van der Waals surface area (Å²) < 4.78 is 15.0. The Morgan fingerprint density at radius 2 is 2.05 bits per heavy atom. The number of aliphatic hydroxyl groups excluding tert-OH is 1. The van der Waals surface area contributed by atoms with Gasteiger partial charge in [0.15, 0.2) is 0 Å². The molecule has 1 aromatic carbocycles. The van der Waals surface area contributed by atoms with Crippen molar-refractivity contribution in [2.75, 3.05) is 20.1 Å². The molecule has 2 aliphatic rings. The first-order valence-corrected chi connectivity index (χ1v) is 8.27. The molecule has 0 fully saturated rings. The second-order valence-corrected chi connectivity index (χ2v) is 7.75. The maximum atomic E-state index is 14.3. The van der Waals surface area contributed by atoms with Crippen LogP contribution in [0.2, 0.25) is 0 Å². The Bertz CT molecular complexity index is 658. The predicted molar refractivity (Wildman–Crippen MR) is 86.9 cm³/mol. The molecule has 3 rings (SSSR count). The number of rotatable bonds is 1. The van der Waals surface area contributed by atoms with Crippen molar-refractivity contribution in [2.45, 2.75) is 32.0 Å². The first-order chi connectivity index (χ1) is 10.2. The number of hydrogen-bond acceptors (Lipinski definition) is 3. The van der Waals surface area contributed by atoms with Crippen LogP contribution in [0.3, 0.4) is 0 Å². The Balaban J connectivity index is 2.26. The van der Waals surface area contributed by atoms with E-state index >= 15 is 0 Å². The third-order valence-corrected chi connectivity index (χ3v) is 5.93. The molecular weight excluding hydrogens is 349 g/mol. The summed E-state index contributed by atoms with van der Waals surface area (Å²) in [7, 11) is 2.02. The Hall–Kier alpha value is -0.750. The number of aliphatic hydroxyl groups is 2. The summed E-state index contributed by atoms with van der Waals surface area (Å²) in [6.07, 6.45) is 1.65. The average molecular weight is 370 g/mol. The molecule has 0 saturated carbocycles. The van der Waals surface area contributed by atoms with E-state index in [0.29, 0.717) is 16.5 Å². The molecule has 0 saturated heterocycles. The molecule has 2 atom stereocenters. The van der Waals surface area contributed by atoms with Gasteiger partial charge < -0.3 is 15.1 Å². The summed E-state index contributed by atoms with van der Waals surface area (Å²) in [6.45, 7) is 5.17. The summed E-state index contributed by atoms with van der Waals surface area (Å²) in [6, 6.07) is 2.93. The molecule has 22 heavy (non-hydrogen) atoms. The fourth-order valence-electron chi connectivity index (χ4n) is 3.76. The second kappa shape index (κ2) is 5.13. The zero-order chi connectivity index (χ0) is 16.3. The van der Waals surface area contributed by atoms with Gasteiger partial charge in [-0.25, -0.2) is 4.39 Å². The predicted octanol–water partition coefficient (Wildman–Crippen LogP) is 3.11. The van der Waals surface area contributed by atoms with Gasteiger partial charge in [0.1, 0.15) is 11.4 Å². The maximum Gasteiger partial charge on any atom is 0.129 e. The number of hydrogen-bond donors (Lipinski definition) is 2. The monoisotopic (exact) mass is 369 g/mol. The van der Waals surface area contributed by atoms with E-state index < -0.39 is 22.9 Å². The molecule has 1 aliphatic heterocycles. The van der Waals surface area contributed by atoms with Gasteiger partial charge in [0, 0.05) is 34.1 Å². The fraction of sp³-hybridized carbons (Fsp3) is 0.529. The maximum absolute atomic E-state index is 14.3. The molecule has 3 nitrogen and oxygen atoms in total. The zero-order valence-corrected chi connectivity index (χ0v) is 14.6. The standard InChI is InChI=1S/C17H21BrFNO2/c1-16(2)15(21)13-12(19)5-4-11(18)14(13)17(16,22)10-6-8-20(3)9-7-10/h4-6,15,21-22H,7-9H2,1-3H3/t15-,17-/m1/s1. The lowest BCUT2D eigenvalue weighted by atomic mass is 9.68. The highest BCUT2D eigenvalue weighted by atomic mass is 79.9. The van der Waals surface area contributed by atoms with E-state index in [1.165, 1.54) is 6.07 Å². The molecule has 0 unspecified atom stereocenters. The normalized spacial score (nSPS) is 31.0. The van der Waals surface area contributed by atoms with Crippen LogP contribution in [-0.4, -0.2) is 35.3 Å². The topological polar surface area (TPSA) is 43.7 Å².